The lowest BCUT2D eigenvalue weighted by atomic mass is 10.2. The average molecular weight is 431 g/mol. The van der Waals surface area contributed by atoms with Gasteiger partial charge in [-0.15, -0.1) is 22.7 Å². The Morgan fingerprint density at radius 3 is 2.69 bits per heavy atom. The number of guanidine groups is 1. The molecule has 3 rings (SSSR count). The average Bonchev–Trinajstić information content (AvgIpc) is 3.39. The molecule has 154 valence electrons. The van der Waals surface area contributed by atoms with E-state index in [0.29, 0.717) is 6.54 Å². The predicted molar refractivity (Wildman–Crippen MR) is 122 cm³/mol. The highest BCUT2D eigenvalue weighted by molar-refractivity contribution is 7.16. The van der Waals surface area contributed by atoms with Crippen LogP contribution in [0.15, 0.2) is 40.7 Å². The number of ether oxygens (including phenoxy) is 2. The number of aliphatic imine (C=N–C) groups is 1. The van der Waals surface area contributed by atoms with E-state index in [1.54, 1.807) is 43.9 Å². The summed E-state index contributed by atoms with van der Waals surface area (Å²) in [5, 5.41) is 9.91. The lowest BCUT2D eigenvalue weighted by molar-refractivity contribution is 0.390. The molecule has 29 heavy (non-hydrogen) atoms. The molecule has 0 spiro atoms. The third kappa shape index (κ3) is 5.71. The molecular formula is C21H26N4O2S2. The Morgan fingerprint density at radius 2 is 2.00 bits per heavy atom. The van der Waals surface area contributed by atoms with Gasteiger partial charge in [0.2, 0.25) is 0 Å². The molecule has 0 aliphatic carbocycles. The molecule has 3 aromatic rings. The van der Waals surface area contributed by atoms with Crippen molar-refractivity contribution in [3.8, 4) is 22.1 Å². The number of hydrogen-bond donors (Lipinski definition) is 2. The van der Waals surface area contributed by atoms with Crippen molar-refractivity contribution in [1.29, 1.82) is 0 Å². The Bertz CT molecular complexity index is 965. The van der Waals surface area contributed by atoms with Crippen molar-refractivity contribution in [1.82, 2.24) is 15.6 Å². The second kappa shape index (κ2) is 10.3. The van der Waals surface area contributed by atoms with Crippen LogP contribution in [0.25, 0.3) is 10.6 Å². The first-order valence-electron chi connectivity index (χ1n) is 9.29. The number of aryl methyl sites for hydroxylation is 1. The van der Waals surface area contributed by atoms with Gasteiger partial charge in [-0.05, 0) is 37.6 Å². The third-order valence-corrected chi connectivity index (χ3v) is 6.30. The Kier molecular flexibility index (Phi) is 7.48. The van der Waals surface area contributed by atoms with E-state index < -0.39 is 0 Å². The molecular weight excluding hydrogens is 404 g/mol. The van der Waals surface area contributed by atoms with Crippen LogP contribution >= 0.6 is 22.7 Å². The van der Waals surface area contributed by atoms with Crippen molar-refractivity contribution in [2.45, 2.75) is 19.9 Å². The van der Waals surface area contributed by atoms with Crippen molar-refractivity contribution < 1.29 is 9.47 Å². The largest absolute Gasteiger partial charge is 0.497 e. The third-order valence-electron chi connectivity index (χ3n) is 4.36. The molecule has 0 saturated heterocycles. The van der Waals surface area contributed by atoms with Crippen molar-refractivity contribution in [3.63, 3.8) is 0 Å². The number of benzene rings is 1. The zero-order chi connectivity index (χ0) is 20.6. The van der Waals surface area contributed by atoms with E-state index in [4.69, 9.17) is 9.47 Å². The van der Waals surface area contributed by atoms with E-state index in [9.17, 15) is 0 Å². The quantitative estimate of drug-likeness (QED) is 0.416. The fraction of sp³-hybridized carbons (Fsp3) is 0.333. The maximum absolute atomic E-state index is 5.45. The van der Waals surface area contributed by atoms with Crippen LogP contribution in [-0.2, 0) is 13.0 Å². The molecule has 0 aliphatic rings. The van der Waals surface area contributed by atoms with E-state index >= 15 is 0 Å². The monoisotopic (exact) mass is 430 g/mol. The van der Waals surface area contributed by atoms with E-state index in [-0.39, 0.29) is 0 Å². The molecule has 2 aromatic heterocycles. The first-order chi connectivity index (χ1) is 14.1. The number of methoxy groups -OCH3 is 2. The molecule has 0 amide bonds. The van der Waals surface area contributed by atoms with Gasteiger partial charge in [0.25, 0.3) is 0 Å². The van der Waals surface area contributed by atoms with Crippen molar-refractivity contribution in [2.24, 2.45) is 4.99 Å². The van der Waals surface area contributed by atoms with Gasteiger partial charge in [-0.25, -0.2) is 4.98 Å². The molecule has 0 aliphatic heterocycles. The number of rotatable bonds is 8. The number of aromatic nitrogens is 1. The van der Waals surface area contributed by atoms with Gasteiger partial charge in [-0.2, -0.15) is 0 Å². The summed E-state index contributed by atoms with van der Waals surface area (Å²) in [4.78, 5) is 11.4. The van der Waals surface area contributed by atoms with Crippen LogP contribution in [0.2, 0.25) is 0 Å². The summed E-state index contributed by atoms with van der Waals surface area (Å²) < 4.78 is 10.7. The van der Waals surface area contributed by atoms with Crippen molar-refractivity contribution in [3.05, 3.63) is 51.2 Å². The van der Waals surface area contributed by atoms with Gasteiger partial charge >= 0.3 is 0 Å². The molecule has 0 fully saturated rings. The second-order valence-corrected chi connectivity index (χ2v) is 8.53. The smallest absolute Gasteiger partial charge is 0.191 e. The zero-order valence-corrected chi connectivity index (χ0v) is 18.7. The SMILES string of the molecule is CN=C(NCCc1ccc(-c2csc(C)n2)s1)NCc1ccc(OC)cc1OC. The van der Waals surface area contributed by atoms with Crippen molar-refractivity contribution in [2.75, 3.05) is 27.8 Å². The van der Waals surface area contributed by atoms with Gasteiger partial charge in [-0.3, -0.25) is 4.99 Å². The molecule has 2 heterocycles. The highest BCUT2D eigenvalue weighted by Gasteiger charge is 2.08. The molecule has 8 heteroatoms. The van der Waals surface area contributed by atoms with Gasteiger partial charge in [0.1, 0.15) is 11.5 Å². The summed E-state index contributed by atoms with van der Waals surface area (Å²) in [5.74, 6) is 2.32. The molecule has 0 unspecified atom stereocenters. The summed E-state index contributed by atoms with van der Waals surface area (Å²) >= 11 is 3.48. The lowest BCUT2D eigenvalue weighted by Gasteiger charge is -2.14. The molecule has 1 aromatic carbocycles. The number of nitrogens with zero attached hydrogens (tertiary/aromatic N) is 2. The number of nitrogens with one attached hydrogen (secondary N) is 2. The molecule has 0 radical (unpaired) electrons. The highest BCUT2D eigenvalue weighted by atomic mass is 32.1. The predicted octanol–water partition coefficient (Wildman–Crippen LogP) is 4.10. The van der Waals surface area contributed by atoms with Crippen LogP contribution in [0.1, 0.15) is 15.4 Å². The van der Waals surface area contributed by atoms with Gasteiger partial charge in [0.05, 0.1) is 29.8 Å². The number of thiazole rings is 1. The lowest BCUT2D eigenvalue weighted by Crippen LogP contribution is -2.37. The number of hydrogen-bond acceptors (Lipinski definition) is 6. The van der Waals surface area contributed by atoms with E-state index in [0.717, 1.165) is 46.7 Å². The maximum Gasteiger partial charge on any atom is 0.191 e. The van der Waals surface area contributed by atoms with E-state index in [1.165, 1.54) is 9.75 Å². The van der Waals surface area contributed by atoms with Crippen LogP contribution in [0, 0.1) is 6.92 Å². The van der Waals surface area contributed by atoms with E-state index in [1.807, 2.05) is 25.1 Å². The Labute approximate surface area is 179 Å². The maximum atomic E-state index is 5.45. The van der Waals surface area contributed by atoms with Crippen LogP contribution in [0.5, 0.6) is 11.5 Å². The first-order valence-corrected chi connectivity index (χ1v) is 11.0. The summed E-state index contributed by atoms with van der Waals surface area (Å²) in [5.41, 5.74) is 2.11. The minimum Gasteiger partial charge on any atom is -0.497 e. The normalized spacial score (nSPS) is 11.4. The Hall–Kier alpha value is -2.58. The van der Waals surface area contributed by atoms with Gasteiger partial charge in [0.15, 0.2) is 5.96 Å². The van der Waals surface area contributed by atoms with Crippen LogP contribution in [0.4, 0.5) is 0 Å². The molecule has 0 bridgehead atoms. The standard InChI is InChI=1S/C21H26N4O2S2/c1-14-25-18(13-28-14)20-8-7-17(29-20)9-10-23-21(22-2)24-12-15-5-6-16(26-3)11-19(15)27-4/h5-8,11,13H,9-10,12H2,1-4H3,(H2,22,23,24). The second-order valence-electron chi connectivity index (χ2n) is 6.30. The number of thiophene rings is 1. The zero-order valence-electron chi connectivity index (χ0n) is 17.1. The minimum absolute atomic E-state index is 0.610. The highest BCUT2D eigenvalue weighted by Crippen LogP contribution is 2.29. The fourth-order valence-electron chi connectivity index (χ4n) is 2.83. The molecule has 0 atom stereocenters. The fourth-order valence-corrected chi connectivity index (χ4v) is 4.48. The minimum atomic E-state index is 0.610. The molecule has 0 saturated carbocycles. The van der Waals surface area contributed by atoms with Crippen molar-refractivity contribution >= 4 is 28.6 Å². The van der Waals surface area contributed by atoms with E-state index in [2.05, 4.69) is 38.1 Å². The van der Waals surface area contributed by atoms with Gasteiger partial charge < -0.3 is 20.1 Å². The van der Waals surface area contributed by atoms with Crippen LogP contribution in [-0.4, -0.2) is 38.8 Å². The summed E-state index contributed by atoms with van der Waals surface area (Å²) in [6.07, 6.45) is 0.931. The summed E-state index contributed by atoms with van der Waals surface area (Å²) in [6, 6.07) is 10.1. The van der Waals surface area contributed by atoms with Gasteiger partial charge in [-0.1, -0.05) is 0 Å². The van der Waals surface area contributed by atoms with Gasteiger partial charge in [0, 0.05) is 42.0 Å². The van der Waals surface area contributed by atoms with Crippen LogP contribution < -0.4 is 20.1 Å². The first kappa shape index (κ1) is 21.1. The topological polar surface area (TPSA) is 67.8 Å². The molecule has 2 N–H and O–H groups in total. The summed E-state index contributed by atoms with van der Waals surface area (Å²) in [6.45, 7) is 3.45. The van der Waals surface area contributed by atoms with Crippen LogP contribution in [0.3, 0.4) is 0 Å². The summed E-state index contributed by atoms with van der Waals surface area (Å²) in [7, 11) is 5.08. The molecule has 6 nitrogen and oxygen atoms in total. The Morgan fingerprint density at radius 1 is 1.14 bits per heavy atom. The Balaban J connectivity index is 1.49.